The molecule has 0 atom stereocenters. The van der Waals surface area contributed by atoms with Gasteiger partial charge in [-0.2, -0.15) is 0 Å². The van der Waals surface area contributed by atoms with Crippen LogP contribution in [0.2, 0.25) is 0 Å². The van der Waals surface area contributed by atoms with Gasteiger partial charge in [-0.05, 0) is 12.1 Å². The Balaban J connectivity index is 2.08. The van der Waals surface area contributed by atoms with Crippen LogP contribution in [0.3, 0.4) is 0 Å². The van der Waals surface area contributed by atoms with Crippen molar-refractivity contribution in [3.8, 4) is 11.5 Å². The predicted octanol–water partition coefficient (Wildman–Crippen LogP) is 3.01. The topological polar surface area (TPSA) is 86.8 Å². The summed E-state index contributed by atoms with van der Waals surface area (Å²) in [6.07, 6.45) is 1.96. The van der Waals surface area contributed by atoms with Crippen LogP contribution >= 0.6 is 11.8 Å². The molecule has 1 amide bonds. The molecule has 1 N–H and O–H groups in total. The van der Waals surface area contributed by atoms with Gasteiger partial charge in [0.25, 0.3) is 0 Å². The first-order chi connectivity index (χ1) is 12.6. The molecule has 0 unspecified atom stereocenters. The van der Waals surface area contributed by atoms with Gasteiger partial charge in [0.15, 0.2) is 11.5 Å². The Morgan fingerprint density at radius 3 is 2.46 bits per heavy atom. The van der Waals surface area contributed by atoms with E-state index in [1.807, 2.05) is 18.2 Å². The lowest BCUT2D eigenvalue weighted by Crippen LogP contribution is -2.16. The molecule has 0 fully saturated rings. The van der Waals surface area contributed by atoms with Gasteiger partial charge < -0.3 is 19.5 Å². The number of thioether (sulfide) groups is 1. The van der Waals surface area contributed by atoms with Gasteiger partial charge >= 0.3 is 5.97 Å². The lowest BCUT2D eigenvalue weighted by atomic mass is 10.1. The maximum absolute atomic E-state index is 12.3. The van der Waals surface area contributed by atoms with Gasteiger partial charge in [0.05, 0.1) is 37.6 Å². The second kappa shape index (κ2) is 9.67. The van der Waals surface area contributed by atoms with E-state index in [-0.39, 0.29) is 17.9 Å². The number of carbonyl (C=O) groups is 2. The molecule has 8 heteroatoms. The number of nitrogens with zero attached hydrogens (tertiary/aromatic N) is 1. The lowest BCUT2D eigenvalue weighted by Gasteiger charge is -2.14. The minimum atomic E-state index is -0.580. The number of pyridine rings is 1. The van der Waals surface area contributed by atoms with Crippen LogP contribution in [0.4, 0.5) is 5.69 Å². The first-order valence-electron chi connectivity index (χ1n) is 7.77. The second-order valence-corrected chi connectivity index (χ2v) is 6.17. The van der Waals surface area contributed by atoms with Crippen molar-refractivity contribution in [3.05, 3.63) is 42.1 Å². The molecular formula is C18H20N2O5S. The average Bonchev–Trinajstić information content (AvgIpc) is 2.67. The largest absolute Gasteiger partial charge is 0.493 e. The SMILES string of the molecule is COC(=O)c1cc(OC)c(OC)cc1NC(=O)CCSc1ccccn1. The Kier molecular flexibility index (Phi) is 7.28. The number of aromatic nitrogens is 1. The fourth-order valence-corrected chi connectivity index (χ4v) is 2.96. The fourth-order valence-electron chi connectivity index (χ4n) is 2.15. The monoisotopic (exact) mass is 376 g/mol. The van der Waals surface area contributed by atoms with E-state index >= 15 is 0 Å². The van der Waals surface area contributed by atoms with E-state index in [1.54, 1.807) is 6.20 Å². The quantitative estimate of drug-likeness (QED) is 0.560. The van der Waals surface area contributed by atoms with Crippen LogP contribution in [0.5, 0.6) is 11.5 Å². The number of nitrogens with one attached hydrogen (secondary N) is 1. The van der Waals surface area contributed by atoms with Gasteiger partial charge in [-0.3, -0.25) is 4.79 Å². The molecule has 138 valence electrons. The molecule has 2 aromatic rings. The molecule has 0 bridgehead atoms. The molecular weight excluding hydrogens is 356 g/mol. The van der Waals surface area contributed by atoms with Crippen LogP contribution in [0, 0.1) is 0 Å². The van der Waals surface area contributed by atoms with Gasteiger partial charge in [-0.25, -0.2) is 9.78 Å². The third-order valence-corrected chi connectivity index (χ3v) is 4.37. The number of hydrogen-bond donors (Lipinski definition) is 1. The number of rotatable bonds is 8. The number of hydrogen-bond acceptors (Lipinski definition) is 7. The molecule has 0 saturated carbocycles. The zero-order chi connectivity index (χ0) is 18.9. The van der Waals surface area contributed by atoms with Crippen LogP contribution in [-0.4, -0.2) is 43.9 Å². The predicted molar refractivity (Wildman–Crippen MR) is 99.1 cm³/mol. The molecule has 0 aliphatic rings. The van der Waals surface area contributed by atoms with Crippen molar-refractivity contribution in [1.82, 2.24) is 4.98 Å². The van der Waals surface area contributed by atoms with Gasteiger partial charge in [-0.15, -0.1) is 11.8 Å². The van der Waals surface area contributed by atoms with Gasteiger partial charge in [0.2, 0.25) is 5.91 Å². The summed E-state index contributed by atoms with van der Waals surface area (Å²) in [7, 11) is 4.21. The molecule has 1 aromatic heterocycles. The van der Waals surface area contributed by atoms with Crippen LogP contribution < -0.4 is 14.8 Å². The first-order valence-corrected chi connectivity index (χ1v) is 8.75. The molecule has 7 nitrogen and oxygen atoms in total. The number of anilines is 1. The van der Waals surface area contributed by atoms with E-state index in [0.717, 1.165) is 5.03 Å². The Hall–Kier alpha value is -2.74. The Morgan fingerprint density at radius 1 is 1.12 bits per heavy atom. The second-order valence-electron chi connectivity index (χ2n) is 5.06. The number of benzene rings is 1. The Morgan fingerprint density at radius 2 is 1.85 bits per heavy atom. The third-order valence-electron chi connectivity index (χ3n) is 3.42. The van der Waals surface area contributed by atoms with E-state index in [4.69, 9.17) is 14.2 Å². The van der Waals surface area contributed by atoms with E-state index < -0.39 is 5.97 Å². The molecule has 0 radical (unpaired) electrons. The van der Waals surface area contributed by atoms with Crippen LogP contribution in [0.25, 0.3) is 0 Å². The minimum absolute atomic E-state index is 0.191. The molecule has 0 spiro atoms. The highest BCUT2D eigenvalue weighted by atomic mass is 32.2. The molecule has 1 aromatic carbocycles. The van der Waals surface area contributed by atoms with Crippen molar-refractivity contribution in [2.24, 2.45) is 0 Å². The van der Waals surface area contributed by atoms with Crippen molar-refractivity contribution in [3.63, 3.8) is 0 Å². The van der Waals surface area contributed by atoms with Crippen molar-refractivity contribution in [2.75, 3.05) is 32.4 Å². The van der Waals surface area contributed by atoms with Gasteiger partial charge in [0, 0.05) is 30.5 Å². The van der Waals surface area contributed by atoms with E-state index in [1.165, 1.54) is 45.2 Å². The minimum Gasteiger partial charge on any atom is -0.493 e. The Labute approximate surface area is 156 Å². The van der Waals surface area contributed by atoms with Crippen molar-refractivity contribution in [2.45, 2.75) is 11.4 Å². The van der Waals surface area contributed by atoms with E-state index in [0.29, 0.717) is 22.9 Å². The molecule has 0 aliphatic carbocycles. The zero-order valence-corrected chi connectivity index (χ0v) is 15.6. The smallest absolute Gasteiger partial charge is 0.340 e. The van der Waals surface area contributed by atoms with Crippen LogP contribution in [-0.2, 0) is 9.53 Å². The summed E-state index contributed by atoms with van der Waals surface area (Å²) in [5, 5.41) is 3.58. The number of esters is 1. The summed E-state index contributed by atoms with van der Waals surface area (Å²) in [6.45, 7) is 0. The van der Waals surface area contributed by atoms with Gasteiger partial charge in [-0.1, -0.05) is 6.07 Å². The molecule has 2 rings (SSSR count). The van der Waals surface area contributed by atoms with E-state index in [9.17, 15) is 9.59 Å². The summed E-state index contributed by atoms with van der Waals surface area (Å²) in [5.74, 6) is 0.522. The number of ether oxygens (including phenoxy) is 3. The normalized spacial score (nSPS) is 10.1. The lowest BCUT2D eigenvalue weighted by molar-refractivity contribution is -0.115. The zero-order valence-electron chi connectivity index (χ0n) is 14.8. The standard InChI is InChI=1S/C18H20N2O5S/c1-23-14-10-12(18(22)25-3)13(11-15(14)24-2)20-16(21)7-9-26-17-6-4-5-8-19-17/h4-6,8,10-11H,7,9H2,1-3H3,(H,20,21). The highest BCUT2D eigenvalue weighted by molar-refractivity contribution is 7.99. The maximum atomic E-state index is 12.3. The van der Waals surface area contributed by atoms with Crippen LogP contribution in [0.15, 0.2) is 41.6 Å². The number of methoxy groups -OCH3 is 3. The summed E-state index contributed by atoms with van der Waals surface area (Å²) in [5.41, 5.74) is 0.498. The fraction of sp³-hybridized carbons (Fsp3) is 0.278. The summed E-state index contributed by atoms with van der Waals surface area (Å²) in [6, 6.07) is 8.62. The number of carbonyl (C=O) groups excluding carboxylic acids is 2. The van der Waals surface area contributed by atoms with Crippen molar-refractivity contribution in [1.29, 1.82) is 0 Å². The van der Waals surface area contributed by atoms with E-state index in [2.05, 4.69) is 10.3 Å². The average molecular weight is 376 g/mol. The summed E-state index contributed by atoms with van der Waals surface area (Å²) >= 11 is 1.48. The summed E-state index contributed by atoms with van der Waals surface area (Å²) in [4.78, 5) is 28.4. The molecule has 1 heterocycles. The molecule has 0 aliphatic heterocycles. The third kappa shape index (κ3) is 5.13. The van der Waals surface area contributed by atoms with Crippen molar-refractivity contribution < 1.29 is 23.8 Å². The maximum Gasteiger partial charge on any atom is 0.340 e. The van der Waals surface area contributed by atoms with Crippen molar-refractivity contribution >= 4 is 29.3 Å². The highest BCUT2D eigenvalue weighted by Crippen LogP contribution is 2.33. The first kappa shape index (κ1) is 19.6. The van der Waals surface area contributed by atoms with Gasteiger partial charge in [0.1, 0.15) is 0 Å². The number of amides is 1. The summed E-state index contributed by atoms with van der Waals surface area (Å²) < 4.78 is 15.2. The Bertz CT molecular complexity index is 768. The van der Waals surface area contributed by atoms with Crippen LogP contribution in [0.1, 0.15) is 16.8 Å². The molecule has 26 heavy (non-hydrogen) atoms. The highest BCUT2D eigenvalue weighted by Gasteiger charge is 2.19. The molecule has 0 saturated heterocycles.